The van der Waals surface area contributed by atoms with Crippen LogP contribution in [0.4, 0.5) is 0 Å². The third kappa shape index (κ3) is 9.33. The SMILES string of the molecule is CCCCC(C)(O)CC=C[C@@H]1[C@@H](CCCCCCC(=O)CO)[C@H](O)C[C@H]1O. The molecule has 0 amide bonds. The van der Waals surface area contributed by atoms with E-state index in [0.717, 1.165) is 51.4 Å². The van der Waals surface area contributed by atoms with Gasteiger partial charge in [-0.3, -0.25) is 4.79 Å². The first-order valence-corrected chi connectivity index (χ1v) is 10.7. The van der Waals surface area contributed by atoms with Crippen LogP contribution in [0.15, 0.2) is 12.2 Å². The summed E-state index contributed by atoms with van der Waals surface area (Å²) < 4.78 is 0. The second-order valence-corrected chi connectivity index (χ2v) is 8.49. The molecule has 1 saturated carbocycles. The Bertz CT molecular complexity index is 446. The quantitative estimate of drug-likeness (QED) is 0.272. The van der Waals surface area contributed by atoms with Crippen molar-refractivity contribution in [2.24, 2.45) is 11.8 Å². The molecule has 1 aliphatic carbocycles. The summed E-state index contributed by atoms with van der Waals surface area (Å²) >= 11 is 0. The zero-order valence-corrected chi connectivity index (χ0v) is 17.1. The molecule has 0 saturated heterocycles. The average molecular weight is 385 g/mol. The molecule has 0 aromatic rings. The Hall–Kier alpha value is -0.750. The van der Waals surface area contributed by atoms with Crippen LogP contribution in [0.1, 0.15) is 84.5 Å². The molecular weight excluding hydrogens is 344 g/mol. The van der Waals surface area contributed by atoms with Gasteiger partial charge >= 0.3 is 0 Å². The van der Waals surface area contributed by atoms with E-state index in [1.807, 2.05) is 19.1 Å². The van der Waals surface area contributed by atoms with Gasteiger partial charge in [-0.2, -0.15) is 0 Å². The fourth-order valence-corrected chi connectivity index (χ4v) is 4.05. The van der Waals surface area contributed by atoms with E-state index in [-0.39, 0.29) is 24.2 Å². The Labute approximate surface area is 164 Å². The summed E-state index contributed by atoms with van der Waals surface area (Å²) in [6.07, 6.45) is 11.7. The summed E-state index contributed by atoms with van der Waals surface area (Å²) in [7, 11) is 0. The Morgan fingerprint density at radius 3 is 2.48 bits per heavy atom. The smallest absolute Gasteiger partial charge is 0.158 e. The minimum Gasteiger partial charge on any atom is -0.393 e. The highest BCUT2D eigenvalue weighted by Gasteiger charge is 2.39. The summed E-state index contributed by atoms with van der Waals surface area (Å²) in [5, 5.41) is 39.7. The lowest BCUT2D eigenvalue weighted by atomic mass is 9.87. The van der Waals surface area contributed by atoms with Crippen LogP contribution in [0.25, 0.3) is 0 Å². The fourth-order valence-electron chi connectivity index (χ4n) is 4.05. The number of rotatable bonds is 14. The lowest BCUT2D eigenvalue weighted by molar-refractivity contribution is -0.121. The second kappa shape index (κ2) is 12.7. The number of unbranched alkanes of at least 4 members (excludes halogenated alkanes) is 4. The van der Waals surface area contributed by atoms with Crippen LogP contribution in [0.2, 0.25) is 0 Å². The van der Waals surface area contributed by atoms with Crippen LogP contribution >= 0.6 is 0 Å². The third-order valence-corrected chi connectivity index (χ3v) is 5.82. The molecule has 158 valence electrons. The van der Waals surface area contributed by atoms with E-state index >= 15 is 0 Å². The molecule has 0 heterocycles. The molecule has 1 fully saturated rings. The molecule has 0 aromatic carbocycles. The van der Waals surface area contributed by atoms with Gasteiger partial charge in [0.05, 0.1) is 17.8 Å². The molecular formula is C22H40O5. The number of hydrogen-bond acceptors (Lipinski definition) is 5. The van der Waals surface area contributed by atoms with E-state index in [1.54, 1.807) is 0 Å². The Kier molecular flexibility index (Phi) is 11.4. The van der Waals surface area contributed by atoms with Crippen LogP contribution in [0.3, 0.4) is 0 Å². The normalized spacial score (nSPS) is 27.9. The van der Waals surface area contributed by atoms with Gasteiger partial charge in [-0.15, -0.1) is 0 Å². The van der Waals surface area contributed by atoms with Gasteiger partial charge in [-0.25, -0.2) is 0 Å². The van der Waals surface area contributed by atoms with Crippen molar-refractivity contribution in [3.63, 3.8) is 0 Å². The Morgan fingerprint density at radius 1 is 1.11 bits per heavy atom. The minimum absolute atomic E-state index is 0.0518. The van der Waals surface area contributed by atoms with Crippen molar-refractivity contribution in [1.29, 1.82) is 0 Å². The molecule has 0 radical (unpaired) electrons. The van der Waals surface area contributed by atoms with Gasteiger partial charge < -0.3 is 20.4 Å². The average Bonchev–Trinajstić information content (AvgIpc) is 2.89. The number of Topliss-reactive ketones (excluding diaryl/α,β-unsaturated/α-hetero) is 1. The first-order chi connectivity index (χ1) is 12.8. The molecule has 1 unspecified atom stereocenters. The molecule has 5 nitrogen and oxygen atoms in total. The standard InChI is InChI=1S/C22H40O5/c1-3-4-13-22(2,27)14-9-12-19-18(20(25)15-21(19)26)11-8-6-5-7-10-17(24)16-23/h9,12,18-21,23,25-27H,3-8,10-11,13-16H2,1-2H3/t18-,19-,20-,21-,22?/m1/s1. The molecule has 5 atom stereocenters. The summed E-state index contributed by atoms with van der Waals surface area (Å²) in [5.74, 6) is -0.113. The van der Waals surface area contributed by atoms with E-state index in [1.165, 1.54) is 0 Å². The van der Waals surface area contributed by atoms with Crippen molar-refractivity contribution in [3.05, 3.63) is 12.2 Å². The van der Waals surface area contributed by atoms with E-state index in [0.29, 0.717) is 19.3 Å². The molecule has 0 aliphatic heterocycles. The van der Waals surface area contributed by atoms with Crippen molar-refractivity contribution in [3.8, 4) is 0 Å². The van der Waals surface area contributed by atoms with Gasteiger partial charge in [0.25, 0.3) is 0 Å². The lowest BCUT2D eigenvalue weighted by Crippen LogP contribution is -2.23. The Balaban J connectivity index is 2.41. The predicted octanol–water partition coefficient (Wildman–Crippen LogP) is 3.13. The predicted molar refractivity (Wildman–Crippen MR) is 107 cm³/mol. The van der Waals surface area contributed by atoms with Gasteiger partial charge in [-0.1, -0.05) is 51.2 Å². The van der Waals surface area contributed by atoms with E-state index < -0.39 is 17.8 Å². The minimum atomic E-state index is -0.712. The number of aliphatic hydroxyl groups is 4. The molecule has 27 heavy (non-hydrogen) atoms. The lowest BCUT2D eigenvalue weighted by Gasteiger charge is -2.23. The van der Waals surface area contributed by atoms with Crippen molar-refractivity contribution >= 4 is 5.78 Å². The Morgan fingerprint density at radius 2 is 1.81 bits per heavy atom. The number of ketones is 1. The van der Waals surface area contributed by atoms with E-state index in [2.05, 4.69) is 6.92 Å². The van der Waals surface area contributed by atoms with Crippen LogP contribution in [-0.2, 0) is 4.79 Å². The van der Waals surface area contributed by atoms with Crippen molar-refractivity contribution in [2.45, 2.75) is 102 Å². The van der Waals surface area contributed by atoms with Crippen LogP contribution in [0, 0.1) is 11.8 Å². The molecule has 0 aromatic heterocycles. The van der Waals surface area contributed by atoms with Crippen LogP contribution in [0.5, 0.6) is 0 Å². The highest BCUT2D eigenvalue weighted by atomic mass is 16.3. The summed E-state index contributed by atoms with van der Waals surface area (Å²) in [4.78, 5) is 11.1. The highest BCUT2D eigenvalue weighted by Crippen LogP contribution is 2.37. The summed E-state index contributed by atoms with van der Waals surface area (Å²) in [5.41, 5.74) is -0.712. The monoisotopic (exact) mass is 384 g/mol. The molecule has 1 rings (SSSR count). The van der Waals surface area contributed by atoms with Gasteiger partial charge in [0, 0.05) is 18.8 Å². The number of carbonyl (C=O) groups excluding carboxylic acids is 1. The second-order valence-electron chi connectivity index (χ2n) is 8.49. The third-order valence-electron chi connectivity index (χ3n) is 5.82. The maximum atomic E-state index is 11.1. The van der Waals surface area contributed by atoms with Crippen molar-refractivity contribution in [1.82, 2.24) is 0 Å². The van der Waals surface area contributed by atoms with Crippen LogP contribution < -0.4 is 0 Å². The zero-order valence-electron chi connectivity index (χ0n) is 17.1. The number of aliphatic hydroxyl groups excluding tert-OH is 3. The van der Waals surface area contributed by atoms with Gasteiger partial charge in [0.1, 0.15) is 6.61 Å². The number of carbonyl (C=O) groups is 1. The molecule has 5 heteroatoms. The van der Waals surface area contributed by atoms with Crippen molar-refractivity contribution in [2.75, 3.05) is 6.61 Å². The summed E-state index contributed by atoms with van der Waals surface area (Å²) in [6.45, 7) is 3.59. The molecule has 0 bridgehead atoms. The van der Waals surface area contributed by atoms with Gasteiger partial charge in [0.2, 0.25) is 0 Å². The highest BCUT2D eigenvalue weighted by molar-refractivity contribution is 5.79. The maximum Gasteiger partial charge on any atom is 0.158 e. The fraction of sp³-hybridized carbons (Fsp3) is 0.864. The molecule has 0 spiro atoms. The summed E-state index contributed by atoms with van der Waals surface area (Å²) in [6, 6.07) is 0. The van der Waals surface area contributed by atoms with Crippen LogP contribution in [-0.4, -0.2) is 50.6 Å². The van der Waals surface area contributed by atoms with Crippen molar-refractivity contribution < 1.29 is 25.2 Å². The largest absolute Gasteiger partial charge is 0.393 e. The molecule has 4 N–H and O–H groups in total. The first kappa shape index (κ1) is 24.3. The van der Waals surface area contributed by atoms with Gasteiger partial charge in [0.15, 0.2) is 5.78 Å². The maximum absolute atomic E-state index is 11.1. The first-order valence-electron chi connectivity index (χ1n) is 10.7. The van der Waals surface area contributed by atoms with Gasteiger partial charge in [-0.05, 0) is 38.5 Å². The number of hydrogen-bond donors (Lipinski definition) is 4. The van der Waals surface area contributed by atoms with E-state index in [4.69, 9.17) is 5.11 Å². The topological polar surface area (TPSA) is 98.0 Å². The molecule has 1 aliphatic rings. The zero-order chi connectivity index (χ0) is 20.3. The van der Waals surface area contributed by atoms with E-state index in [9.17, 15) is 20.1 Å².